The topological polar surface area (TPSA) is 89.9 Å². The summed E-state index contributed by atoms with van der Waals surface area (Å²) < 4.78 is 42.7. The van der Waals surface area contributed by atoms with Crippen molar-refractivity contribution in [3.8, 4) is 11.4 Å². The summed E-state index contributed by atoms with van der Waals surface area (Å²) in [5, 5.41) is 0.322. The summed E-state index contributed by atoms with van der Waals surface area (Å²) in [6, 6.07) is 5.56. The Hall–Kier alpha value is -2.82. The third-order valence-corrected chi connectivity index (χ3v) is 4.17. The lowest BCUT2D eigenvalue weighted by atomic mass is 10.3. The summed E-state index contributed by atoms with van der Waals surface area (Å²) in [7, 11) is 0. The Bertz CT molecular complexity index is 1080. The fourth-order valence-electron chi connectivity index (χ4n) is 2.28. The molecule has 3 rings (SSSR count). The average molecular weight is 398 g/mol. The van der Waals surface area contributed by atoms with Crippen LogP contribution in [0.15, 0.2) is 45.2 Å². The van der Waals surface area contributed by atoms with Crippen LogP contribution in [0.1, 0.15) is 6.92 Å². The van der Waals surface area contributed by atoms with Crippen LogP contribution in [-0.2, 0) is 0 Å². The highest BCUT2D eigenvalue weighted by molar-refractivity contribution is 7.99. The fraction of sp³-hybridized carbons (Fsp3) is 0.250. The van der Waals surface area contributed by atoms with Crippen molar-refractivity contribution in [3.05, 3.63) is 51.2 Å². The first-order valence-electron chi connectivity index (χ1n) is 7.73. The molecule has 0 unspecified atom stereocenters. The maximum absolute atomic E-state index is 12.8. The number of nitrogens with one attached hydrogen (secondary N) is 1. The molecule has 0 bridgehead atoms. The first-order valence-corrected chi connectivity index (χ1v) is 8.72. The molecule has 0 saturated carbocycles. The molecule has 3 aromatic rings. The van der Waals surface area contributed by atoms with Crippen LogP contribution in [0.3, 0.4) is 0 Å². The quantitative estimate of drug-likeness (QED) is 0.525. The Morgan fingerprint density at radius 3 is 2.56 bits per heavy atom. The Balaban J connectivity index is 2.06. The summed E-state index contributed by atoms with van der Waals surface area (Å²) in [5.41, 5.74) is -0.545. The van der Waals surface area contributed by atoms with Gasteiger partial charge in [0, 0.05) is 0 Å². The van der Waals surface area contributed by atoms with Gasteiger partial charge < -0.3 is 9.72 Å². The molecule has 1 aromatic carbocycles. The molecule has 0 atom stereocenters. The molecule has 0 fully saturated rings. The average Bonchev–Trinajstić information content (AvgIpc) is 2.60. The number of halogens is 3. The van der Waals surface area contributed by atoms with Crippen LogP contribution in [-0.4, -0.2) is 38.1 Å². The van der Waals surface area contributed by atoms with E-state index in [1.54, 1.807) is 0 Å². The van der Waals surface area contributed by atoms with Gasteiger partial charge >= 0.3 is 6.18 Å². The van der Waals surface area contributed by atoms with Crippen LogP contribution in [0.4, 0.5) is 13.2 Å². The largest absolute Gasteiger partial charge is 0.484 e. The Morgan fingerprint density at radius 1 is 1.22 bits per heavy atom. The molecule has 2 heterocycles. The number of benzene rings is 1. The number of H-pyrrole nitrogens is 1. The molecule has 0 aliphatic rings. The van der Waals surface area contributed by atoms with E-state index in [-0.39, 0.29) is 16.9 Å². The normalized spacial score (nSPS) is 11.7. The van der Waals surface area contributed by atoms with E-state index in [9.17, 15) is 22.8 Å². The monoisotopic (exact) mass is 398 g/mol. The van der Waals surface area contributed by atoms with E-state index in [0.717, 1.165) is 6.20 Å². The second-order valence-electron chi connectivity index (χ2n) is 5.31. The van der Waals surface area contributed by atoms with Crippen molar-refractivity contribution < 1.29 is 17.9 Å². The van der Waals surface area contributed by atoms with Crippen molar-refractivity contribution in [1.82, 2.24) is 19.5 Å². The first kappa shape index (κ1) is 19.0. The molecule has 7 nitrogen and oxygen atoms in total. The Labute approximate surface area is 154 Å². The zero-order valence-electron chi connectivity index (χ0n) is 13.9. The lowest BCUT2D eigenvalue weighted by molar-refractivity contribution is -0.153. The number of nitrogens with zero attached hydrogens (tertiary/aromatic N) is 3. The molecule has 0 saturated heterocycles. The summed E-state index contributed by atoms with van der Waals surface area (Å²) >= 11 is 1.27. The minimum atomic E-state index is -4.44. The number of hydrogen-bond acceptors (Lipinski definition) is 6. The van der Waals surface area contributed by atoms with Crippen LogP contribution >= 0.6 is 11.8 Å². The van der Waals surface area contributed by atoms with E-state index in [1.807, 2.05) is 6.92 Å². The van der Waals surface area contributed by atoms with Gasteiger partial charge in [-0.05, 0) is 30.0 Å². The minimum absolute atomic E-state index is 0.0185. The number of hydrogen-bond donors (Lipinski definition) is 1. The summed E-state index contributed by atoms with van der Waals surface area (Å²) in [6.45, 7) is 0.462. The van der Waals surface area contributed by atoms with Crippen molar-refractivity contribution in [2.24, 2.45) is 0 Å². The third kappa shape index (κ3) is 4.30. The van der Waals surface area contributed by atoms with Crippen LogP contribution < -0.4 is 15.9 Å². The van der Waals surface area contributed by atoms with Crippen molar-refractivity contribution in [1.29, 1.82) is 0 Å². The molecule has 0 aliphatic heterocycles. The number of fused-ring (bicyclic) bond motifs is 1. The lowest BCUT2D eigenvalue weighted by Gasteiger charge is -2.13. The van der Waals surface area contributed by atoms with Crippen molar-refractivity contribution in [2.45, 2.75) is 18.3 Å². The van der Waals surface area contributed by atoms with E-state index in [2.05, 4.69) is 19.7 Å². The summed E-state index contributed by atoms with van der Waals surface area (Å²) in [5.74, 6) is 0.625. The van der Waals surface area contributed by atoms with Crippen LogP contribution in [0.25, 0.3) is 16.9 Å². The van der Waals surface area contributed by atoms with E-state index in [1.165, 1.54) is 40.6 Å². The first-order chi connectivity index (χ1) is 12.8. The van der Waals surface area contributed by atoms with Gasteiger partial charge in [0.1, 0.15) is 5.75 Å². The minimum Gasteiger partial charge on any atom is -0.484 e. The smallest absolute Gasteiger partial charge is 0.422 e. The number of aromatic nitrogens is 4. The van der Waals surface area contributed by atoms with Gasteiger partial charge in [-0.2, -0.15) is 13.2 Å². The van der Waals surface area contributed by atoms with Crippen molar-refractivity contribution in [3.63, 3.8) is 0 Å². The van der Waals surface area contributed by atoms with Crippen LogP contribution in [0.2, 0.25) is 0 Å². The number of ether oxygens (including phenoxy) is 1. The number of rotatable bonds is 5. The highest BCUT2D eigenvalue weighted by Crippen LogP contribution is 2.23. The highest BCUT2D eigenvalue weighted by Gasteiger charge is 2.28. The molecule has 0 radical (unpaired) electrons. The van der Waals surface area contributed by atoms with Crippen LogP contribution in [0.5, 0.6) is 5.75 Å². The maximum Gasteiger partial charge on any atom is 0.422 e. The Morgan fingerprint density at radius 2 is 1.93 bits per heavy atom. The number of aromatic amines is 1. The highest BCUT2D eigenvalue weighted by atomic mass is 32.2. The molecule has 11 heteroatoms. The van der Waals surface area contributed by atoms with Gasteiger partial charge in [0.05, 0.1) is 11.9 Å². The van der Waals surface area contributed by atoms with E-state index >= 15 is 0 Å². The molecule has 0 amide bonds. The van der Waals surface area contributed by atoms with Gasteiger partial charge in [-0.3, -0.25) is 14.2 Å². The van der Waals surface area contributed by atoms with Gasteiger partial charge in [-0.25, -0.2) is 9.97 Å². The maximum atomic E-state index is 12.8. The van der Waals surface area contributed by atoms with Gasteiger partial charge in [0.25, 0.3) is 11.1 Å². The van der Waals surface area contributed by atoms with E-state index < -0.39 is 23.9 Å². The summed E-state index contributed by atoms with van der Waals surface area (Å²) in [4.78, 5) is 34.8. The SMILES string of the molecule is CCSc1nc2[nH]c(=O)cnc2c(=O)n1-c1ccc(OCC(F)(F)F)cc1. The molecule has 0 spiro atoms. The zero-order valence-corrected chi connectivity index (χ0v) is 14.7. The number of alkyl halides is 3. The van der Waals surface area contributed by atoms with E-state index in [0.29, 0.717) is 16.6 Å². The standard InChI is InChI=1S/C16H13F3N4O3S/c1-2-27-15-22-13-12(20-7-11(24)21-13)14(25)23(15)9-3-5-10(6-4-9)26-8-16(17,18)19/h3-7H,2,8H2,1H3,(H,21,24). The van der Waals surface area contributed by atoms with Gasteiger partial charge in [-0.15, -0.1) is 0 Å². The number of thioether (sulfide) groups is 1. The second-order valence-corrected chi connectivity index (χ2v) is 6.54. The Kier molecular flexibility index (Phi) is 5.22. The second kappa shape index (κ2) is 7.43. The lowest BCUT2D eigenvalue weighted by Crippen LogP contribution is -2.24. The molecular formula is C16H13F3N4O3S. The van der Waals surface area contributed by atoms with Crippen molar-refractivity contribution in [2.75, 3.05) is 12.4 Å². The molecular weight excluding hydrogens is 385 g/mol. The van der Waals surface area contributed by atoms with Gasteiger partial charge in [0.15, 0.2) is 22.9 Å². The van der Waals surface area contributed by atoms with Gasteiger partial charge in [-0.1, -0.05) is 18.7 Å². The molecule has 27 heavy (non-hydrogen) atoms. The van der Waals surface area contributed by atoms with E-state index in [4.69, 9.17) is 0 Å². The molecule has 142 valence electrons. The molecule has 0 aliphatic carbocycles. The van der Waals surface area contributed by atoms with Crippen molar-refractivity contribution >= 4 is 22.9 Å². The van der Waals surface area contributed by atoms with Gasteiger partial charge in [0.2, 0.25) is 0 Å². The predicted molar refractivity (Wildman–Crippen MR) is 93.7 cm³/mol. The third-order valence-electron chi connectivity index (χ3n) is 3.35. The molecule has 2 aromatic heterocycles. The molecule has 1 N–H and O–H groups in total. The van der Waals surface area contributed by atoms with Crippen LogP contribution in [0, 0.1) is 0 Å². The zero-order chi connectivity index (χ0) is 19.6. The fourth-order valence-corrected chi connectivity index (χ4v) is 3.01. The predicted octanol–water partition coefficient (Wildman–Crippen LogP) is 2.52. The summed E-state index contributed by atoms with van der Waals surface area (Å²) in [6.07, 6.45) is -3.46.